The van der Waals surface area contributed by atoms with Gasteiger partial charge in [-0.2, -0.15) is 0 Å². The van der Waals surface area contributed by atoms with Crippen molar-refractivity contribution in [2.75, 3.05) is 13.7 Å². The quantitative estimate of drug-likeness (QED) is 0.414. The highest BCUT2D eigenvalue weighted by Crippen LogP contribution is 2.15. The maximum atomic E-state index is 12.3. The van der Waals surface area contributed by atoms with Crippen LogP contribution in [0.1, 0.15) is 73.4 Å². The van der Waals surface area contributed by atoms with Crippen molar-refractivity contribution >= 4 is 5.97 Å². The van der Waals surface area contributed by atoms with Crippen LogP contribution in [0.5, 0.6) is 0 Å². The fraction of sp³-hybridized carbons (Fsp3) is 0.650. The number of ether oxygens (including phenoxy) is 2. The molecular weight excluding hydrogens is 288 g/mol. The first-order valence-corrected chi connectivity index (χ1v) is 8.85. The molecule has 0 aliphatic carbocycles. The van der Waals surface area contributed by atoms with Gasteiger partial charge in [0.25, 0.3) is 0 Å². The number of benzene rings is 1. The second-order valence-corrected chi connectivity index (χ2v) is 6.42. The molecule has 0 radical (unpaired) electrons. The van der Waals surface area contributed by atoms with Crippen LogP contribution in [0.3, 0.4) is 0 Å². The molecule has 1 unspecified atom stereocenters. The summed E-state index contributed by atoms with van der Waals surface area (Å²) in [6.07, 6.45) is 8.13. The van der Waals surface area contributed by atoms with Gasteiger partial charge >= 0.3 is 5.97 Å². The van der Waals surface area contributed by atoms with Crippen molar-refractivity contribution in [1.29, 1.82) is 0 Å². The van der Waals surface area contributed by atoms with E-state index < -0.39 is 0 Å². The predicted molar refractivity (Wildman–Crippen MR) is 95.0 cm³/mol. The van der Waals surface area contributed by atoms with Gasteiger partial charge in [0.05, 0.1) is 12.2 Å². The molecule has 1 atom stereocenters. The first kappa shape index (κ1) is 19.7. The Morgan fingerprint density at radius 3 is 2.22 bits per heavy atom. The smallest absolute Gasteiger partial charge is 0.338 e. The van der Waals surface area contributed by atoms with Crippen LogP contribution in [-0.2, 0) is 9.47 Å². The summed E-state index contributed by atoms with van der Waals surface area (Å²) in [7, 11) is 1.65. The van der Waals surface area contributed by atoms with E-state index in [1.54, 1.807) is 7.11 Å². The molecule has 0 spiro atoms. The maximum Gasteiger partial charge on any atom is 0.338 e. The third-order valence-corrected chi connectivity index (χ3v) is 3.96. The molecule has 0 N–H and O–H groups in total. The summed E-state index contributed by atoms with van der Waals surface area (Å²) < 4.78 is 10.9. The lowest BCUT2D eigenvalue weighted by Gasteiger charge is -2.17. The molecule has 0 bridgehead atoms. The fourth-order valence-corrected chi connectivity index (χ4v) is 2.83. The van der Waals surface area contributed by atoms with E-state index in [0.717, 1.165) is 24.0 Å². The second kappa shape index (κ2) is 11.2. The molecule has 1 aromatic rings. The Morgan fingerprint density at radius 2 is 1.61 bits per heavy atom. The molecular formula is C20H32O3. The van der Waals surface area contributed by atoms with E-state index >= 15 is 0 Å². The molecule has 1 aromatic carbocycles. The van der Waals surface area contributed by atoms with Crippen molar-refractivity contribution in [2.24, 2.45) is 0 Å². The van der Waals surface area contributed by atoms with Crippen LogP contribution in [0, 0.1) is 13.8 Å². The highest BCUT2D eigenvalue weighted by molar-refractivity contribution is 5.90. The third-order valence-electron chi connectivity index (χ3n) is 3.96. The number of aryl methyl sites for hydroxylation is 2. The minimum absolute atomic E-state index is 0.153. The lowest BCUT2D eigenvalue weighted by Crippen LogP contribution is -2.23. The second-order valence-electron chi connectivity index (χ2n) is 6.42. The van der Waals surface area contributed by atoms with Gasteiger partial charge in [0.15, 0.2) is 0 Å². The summed E-state index contributed by atoms with van der Waals surface area (Å²) in [5, 5.41) is 0. The number of rotatable bonds is 11. The van der Waals surface area contributed by atoms with Crippen LogP contribution in [-0.4, -0.2) is 25.8 Å². The van der Waals surface area contributed by atoms with Crippen molar-refractivity contribution in [3.63, 3.8) is 0 Å². The number of carbonyl (C=O) groups is 1. The van der Waals surface area contributed by atoms with E-state index in [1.807, 2.05) is 26.0 Å². The highest BCUT2D eigenvalue weighted by Gasteiger charge is 2.16. The number of hydrogen-bond acceptors (Lipinski definition) is 3. The molecule has 0 aliphatic heterocycles. The van der Waals surface area contributed by atoms with Crippen LogP contribution in [0.2, 0.25) is 0 Å². The summed E-state index contributed by atoms with van der Waals surface area (Å²) in [4.78, 5) is 12.3. The van der Waals surface area contributed by atoms with Crippen LogP contribution < -0.4 is 0 Å². The predicted octanol–water partition coefficient (Wildman–Crippen LogP) is 5.23. The first-order chi connectivity index (χ1) is 11.1. The molecule has 0 fully saturated rings. The molecule has 0 saturated carbocycles. The zero-order valence-corrected chi connectivity index (χ0v) is 15.2. The zero-order chi connectivity index (χ0) is 17.1. The first-order valence-electron chi connectivity index (χ1n) is 8.85. The highest BCUT2D eigenvalue weighted by atomic mass is 16.6. The Kier molecular flexibility index (Phi) is 9.61. The van der Waals surface area contributed by atoms with Gasteiger partial charge in [0.1, 0.15) is 6.10 Å². The van der Waals surface area contributed by atoms with Crippen LogP contribution in [0.25, 0.3) is 0 Å². The van der Waals surface area contributed by atoms with Gasteiger partial charge in [0.2, 0.25) is 0 Å². The summed E-state index contributed by atoms with van der Waals surface area (Å²) in [5.41, 5.74) is 2.79. The van der Waals surface area contributed by atoms with E-state index in [1.165, 1.54) is 32.1 Å². The zero-order valence-electron chi connectivity index (χ0n) is 15.2. The van der Waals surface area contributed by atoms with Crippen LogP contribution in [0.15, 0.2) is 18.2 Å². The SMILES string of the molecule is CCCCCCCCC(COC)OC(=O)c1cc(C)cc(C)c1. The van der Waals surface area contributed by atoms with Gasteiger partial charge in [-0.1, -0.05) is 56.2 Å². The normalized spacial score (nSPS) is 12.2. The van der Waals surface area contributed by atoms with Gasteiger partial charge < -0.3 is 9.47 Å². The summed E-state index contributed by atoms with van der Waals surface area (Å²) >= 11 is 0. The average Bonchev–Trinajstić information content (AvgIpc) is 2.49. The molecule has 0 amide bonds. The minimum Gasteiger partial charge on any atom is -0.456 e. The largest absolute Gasteiger partial charge is 0.456 e. The van der Waals surface area contributed by atoms with Crippen molar-refractivity contribution in [3.05, 3.63) is 34.9 Å². The Labute approximate surface area is 141 Å². The van der Waals surface area contributed by atoms with Crippen LogP contribution >= 0.6 is 0 Å². The lowest BCUT2D eigenvalue weighted by molar-refractivity contribution is 0.00235. The molecule has 0 heterocycles. The third kappa shape index (κ3) is 8.17. The molecule has 1 rings (SSSR count). The summed E-state index contributed by atoms with van der Waals surface area (Å²) in [6.45, 7) is 6.67. The van der Waals surface area contributed by atoms with E-state index in [4.69, 9.17) is 9.47 Å². The Morgan fingerprint density at radius 1 is 1.00 bits per heavy atom. The van der Waals surface area contributed by atoms with E-state index in [-0.39, 0.29) is 12.1 Å². The van der Waals surface area contributed by atoms with Gasteiger partial charge in [-0.15, -0.1) is 0 Å². The number of methoxy groups -OCH3 is 1. The molecule has 3 heteroatoms. The average molecular weight is 320 g/mol. The Balaban J connectivity index is 2.46. The van der Waals surface area contributed by atoms with Crippen molar-refractivity contribution < 1.29 is 14.3 Å². The Bertz CT molecular complexity index is 448. The van der Waals surface area contributed by atoms with Gasteiger partial charge in [-0.25, -0.2) is 4.79 Å². The van der Waals surface area contributed by atoms with E-state index in [2.05, 4.69) is 13.0 Å². The minimum atomic E-state index is -0.246. The number of carbonyl (C=O) groups excluding carboxylic acids is 1. The molecule has 23 heavy (non-hydrogen) atoms. The molecule has 3 nitrogen and oxygen atoms in total. The molecule has 0 aliphatic rings. The topological polar surface area (TPSA) is 35.5 Å². The van der Waals surface area contributed by atoms with E-state index in [9.17, 15) is 4.79 Å². The molecule has 0 aromatic heterocycles. The summed E-state index contributed by atoms with van der Waals surface area (Å²) in [5.74, 6) is -0.246. The lowest BCUT2D eigenvalue weighted by atomic mass is 10.1. The Hall–Kier alpha value is -1.35. The van der Waals surface area contributed by atoms with Gasteiger partial charge in [-0.3, -0.25) is 0 Å². The van der Waals surface area contributed by atoms with Crippen molar-refractivity contribution in [3.8, 4) is 0 Å². The van der Waals surface area contributed by atoms with Crippen molar-refractivity contribution in [2.45, 2.75) is 71.8 Å². The monoisotopic (exact) mass is 320 g/mol. The summed E-state index contributed by atoms with van der Waals surface area (Å²) in [6, 6.07) is 5.81. The number of esters is 1. The van der Waals surface area contributed by atoms with Crippen molar-refractivity contribution in [1.82, 2.24) is 0 Å². The number of hydrogen-bond donors (Lipinski definition) is 0. The van der Waals surface area contributed by atoms with Gasteiger partial charge in [-0.05, 0) is 38.8 Å². The van der Waals surface area contributed by atoms with E-state index in [0.29, 0.717) is 12.2 Å². The number of unbranched alkanes of at least 4 members (excludes halogenated alkanes) is 5. The molecule has 130 valence electrons. The molecule has 0 saturated heterocycles. The van der Waals surface area contributed by atoms with Gasteiger partial charge in [0, 0.05) is 7.11 Å². The fourth-order valence-electron chi connectivity index (χ4n) is 2.83. The maximum absolute atomic E-state index is 12.3. The van der Waals surface area contributed by atoms with Crippen LogP contribution in [0.4, 0.5) is 0 Å². The standard InChI is InChI=1S/C20H32O3/c1-5-6-7-8-9-10-11-19(15-22-4)23-20(21)18-13-16(2)12-17(3)14-18/h12-14,19H,5-11,15H2,1-4H3.